The number of aryl methyl sites for hydroxylation is 1. The molecule has 6 nitrogen and oxygen atoms in total. The number of anilines is 1. The van der Waals surface area contributed by atoms with Crippen molar-refractivity contribution < 1.29 is 9.59 Å². The topological polar surface area (TPSA) is 78.1 Å². The quantitative estimate of drug-likeness (QED) is 0.817. The molecule has 0 aliphatic carbocycles. The largest absolute Gasteiger partial charge is 0.346 e. The van der Waals surface area contributed by atoms with Crippen molar-refractivity contribution in [1.82, 2.24) is 15.3 Å². The number of aldehydes is 1. The molecule has 0 saturated carbocycles. The molecule has 0 unspecified atom stereocenters. The molecule has 0 bridgehead atoms. The molecule has 0 atom stereocenters. The fourth-order valence-electron chi connectivity index (χ4n) is 2.15. The molecular weight excluding hydrogens is 256 g/mol. The van der Waals surface area contributed by atoms with E-state index in [1.165, 1.54) is 4.90 Å². The van der Waals surface area contributed by atoms with Gasteiger partial charge in [-0.25, -0.2) is 9.78 Å². The van der Waals surface area contributed by atoms with E-state index in [0.29, 0.717) is 18.7 Å². The Morgan fingerprint density at radius 2 is 2.35 bits per heavy atom. The third kappa shape index (κ3) is 2.64. The van der Waals surface area contributed by atoms with Crippen LogP contribution < -0.4 is 10.2 Å². The number of urea groups is 1. The summed E-state index contributed by atoms with van der Waals surface area (Å²) < 4.78 is 0. The van der Waals surface area contributed by atoms with Crippen LogP contribution in [0, 0.1) is 0 Å². The van der Waals surface area contributed by atoms with Gasteiger partial charge >= 0.3 is 6.03 Å². The average molecular weight is 274 g/mol. The van der Waals surface area contributed by atoms with Crippen molar-refractivity contribution in [2.45, 2.75) is 19.8 Å². The van der Waals surface area contributed by atoms with Crippen molar-refractivity contribution in [3.63, 3.8) is 0 Å². The number of hydrogen-bond acceptors (Lipinski definition) is 3. The molecule has 2 N–H and O–H groups in total. The molecule has 0 saturated heterocycles. The monoisotopic (exact) mass is 274 g/mol. The highest BCUT2D eigenvalue weighted by Gasteiger charge is 2.15. The Kier molecular flexibility index (Phi) is 4.34. The van der Waals surface area contributed by atoms with Crippen molar-refractivity contribution in [3.8, 4) is 0 Å². The van der Waals surface area contributed by atoms with Crippen molar-refractivity contribution in [3.05, 3.63) is 24.0 Å². The Morgan fingerprint density at radius 1 is 1.55 bits per heavy atom. The second kappa shape index (κ2) is 6.18. The summed E-state index contributed by atoms with van der Waals surface area (Å²) in [4.78, 5) is 31.4. The summed E-state index contributed by atoms with van der Waals surface area (Å²) in [5, 5.41) is 3.58. The van der Waals surface area contributed by atoms with Crippen LogP contribution >= 0.6 is 0 Å². The van der Waals surface area contributed by atoms with Crippen LogP contribution in [-0.2, 0) is 11.2 Å². The van der Waals surface area contributed by atoms with Gasteiger partial charge in [0.15, 0.2) is 0 Å². The zero-order valence-electron chi connectivity index (χ0n) is 11.6. The van der Waals surface area contributed by atoms with E-state index >= 15 is 0 Å². The zero-order chi connectivity index (χ0) is 14.5. The summed E-state index contributed by atoms with van der Waals surface area (Å²) in [6.07, 6.45) is 5.55. The predicted octanol–water partition coefficient (Wildman–Crippen LogP) is 1.86. The van der Waals surface area contributed by atoms with Crippen LogP contribution in [0.5, 0.6) is 0 Å². The van der Waals surface area contributed by atoms with Crippen molar-refractivity contribution in [2.24, 2.45) is 0 Å². The molecule has 0 aromatic carbocycles. The molecule has 0 spiro atoms. The summed E-state index contributed by atoms with van der Waals surface area (Å²) in [5.74, 6) is 0. The smallest absolute Gasteiger partial charge is 0.321 e. The predicted molar refractivity (Wildman–Crippen MR) is 78.0 cm³/mol. The Hall–Kier alpha value is -2.37. The molecule has 6 heteroatoms. The third-order valence-corrected chi connectivity index (χ3v) is 3.22. The number of amides is 2. The van der Waals surface area contributed by atoms with Crippen LogP contribution in [-0.4, -0.2) is 35.9 Å². The van der Waals surface area contributed by atoms with Gasteiger partial charge in [-0.1, -0.05) is 6.92 Å². The van der Waals surface area contributed by atoms with E-state index in [2.05, 4.69) is 22.2 Å². The number of fused-ring (bicyclic) bond motifs is 1. The molecule has 20 heavy (non-hydrogen) atoms. The number of nitrogens with one attached hydrogen (secondary N) is 2. The summed E-state index contributed by atoms with van der Waals surface area (Å²) in [6.45, 7) is 2.40. The van der Waals surface area contributed by atoms with Gasteiger partial charge in [0.25, 0.3) is 0 Å². The van der Waals surface area contributed by atoms with Gasteiger partial charge in [-0.05, 0) is 18.1 Å². The van der Waals surface area contributed by atoms with Crippen molar-refractivity contribution >= 4 is 29.0 Å². The molecule has 0 aliphatic rings. The summed E-state index contributed by atoms with van der Waals surface area (Å²) in [6, 6.07) is 1.68. The van der Waals surface area contributed by atoms with Crippen molar-refractivity contribution in [1.29, 1.82) is 0 Å². The van der Waals surface area contributed by atoms with Gasteiger partial charge in [-0.2, -0.15) is 0 Å². The Bertz CT molecular complexity index is 621. The normalized spacial score (nSPS) is 10.5. The number of H-pyrrole nitrogens is 1. The summed E-state index contributed by atoms with van der Waals surface area (Å²) in [5.41, 5.74) is 2.65. The van der Waals surface area contributed by atoms with Crippen LogP contribution in [0.3, 0.4) is 0 Å². The molecule has 2 aromatic heterocycles. The lowest BCUT2D eigenvalue weighted by Crippen LogP contribution is -2.39. The molecule has 106 valence electrons. The van der Waals surface area contributed by atoms with E-state index in [1.54, 1.807) is 13.2 Å². The molecule has 2 rings (SSSR count). The van der Waals surface area contributed by atoms with E-state index in [0.717, 1.165) is 29.3 Å². The highest BCUT2D eigenvalue weighted by molar-refractivity contribution is 5.94. The second-order valence-electron chi connectivity index (χ2n) is 4.42. The lowest BCUT2D eigenvalue weighted by molar-refractivity contribution is -0.107. The fraction of sp³-hybridized carbons (Fsp3) is 0.357. The Morgan fingerprint density at radius 3 is 3.00 bits per heavy atom. The van der Waals surface area contributed by atoms with Crippen LogP contribution in [0.15, 0.2) is 18.5 Å². The number of aromatic amines is 1. The van der Waals surface area contributed by atoms with Crippen LogP contribution in [0.2, 0.25) is 0 Å². The lowest BCUT2D eigenvalue weighted by Gasteiger charge is -2.21. The number of pyridine rings is 1. The highest BCUT2D eigenvalue weighted by Crippen LogP contribution is 2.23. The second-order valence-corrected chi connectivity index (χ2v) is 4.42. The summed E-state index contributed by atoms with van der Waals surface area (Å²) >= 11 is 0. The summed E-state index contributed by atoms with van der Waals surface area (Å²) in [7, 11) is 1.57. The average Bonchev–Trinajstić information content (AvgIpc) is 2.89. The number of hydrogen-bond donors (Lipinski definition) is 2. The minimum absolute atomic E-state index is 0.249. The van der Waals surface area contributed by atoms with E-state index in [9.17, 15) is 9.59 Å². The van der Waals surface area contributed by atoms with Gasteiger partial charge < -0.3 is 15.1 Å². The Labute approximate surface area is 117 Å². The minimum Gasteiger partial charge on any atom is -0.346 e. The van der Waals surface area contributed by atoms with Gasteiger partial charge in [0.2, 0.25) is 0 Å². The zero-order valence-corrected chi connectivity index (χ0v) is 11.6. The number of carbonyl (C=O) groups is 2. The van der Waals surface area contributed by atoms with Crippen molar-refractivity contribution in [2.75, 3.05) is 18.5 Å². The number of nitrogens with zero attached hydrogens (tertiary/aromatic N) is 2. The molecule has 2 heterocycles. The SMILES string of the molecule is CCc1c[nH]c2ncc(N(CCC=O)C(=O)NC)cc12. The van der Waals surface area contributed by atoms with E-state index < -0.39 is 0 Å². The number of carbonyl (C=O) groups excluding carboxylic acids is 2. The maximum atomic E-state index is 11.9. The minimum atomic E-state index is -0.249. The number of rotatable bonds is 5. The highest BCUT2D eigenvalue weighted by atomic mass is 16.2. The molecule has 2 amide bonds. The van der Waals surface area contributed by atoms with Gasteiger partial charge in [0, 0.05) is 31.6 Å². The van der Waals surface area contributed by atoms with Gasteiger partial charge in [-0.3, -0.25) is 4.90 Å². The third-order valence-electron chi connectivity index (χ3n) is 3.22. The van der Waals surface area contributed by atoms with E-state index in [-0.39, 0.29) is 6.03 Å². The molecular formula is C14H18N4O2. The van der Waals surface area contributed by atoms with Crippen LogP contribution in [0.1, 0.15) is 18.9 Å². The first-order valence-corrected chi connectivity index (χ1v) is 6.60. The first-order valence-electron chi connectivity index (χ1n) is 6.60. The van der Waals surface area contributed by atoms with E-state index in [1.807, 2.05) is 12.3 Å². The van der Waals surface area contributed by atoms with Crippen LogP contribution in [0.25, 0.3) is 11.0 Å². The standard InChI is InChI=1S/C14H18N4O2/c1-3-10-8-16-13-12(10)7-11(9-17-13)18(5-4-6-19)14(20)15-2/h6-9H,3-5H2,1-2H3,(H,15,20)(H,16,17). The van der Waals surface area contributed by atoms with Gasteiger partial charge in [0.05, 0.1) is 11.9 Å². The Balaban J connectivity index is 2.41. The molecule has 0 fully saturated rings. The first-order chi connectivity index (χ1) is 9.71. The molecule has 0 aliphatic heterocycles. The van der Waals surface area contributed by atoms with E-state index in [4.69, 9.17) is 0 Å². The first kappa shape index (κ1) is 14.0. The fourth-order valence-corrected chi connectivity index (χ4v) is 2.15. The maximum Gasteiger partial charge on any atom is 0.321 e. The maximum absolute atomic E-state index is 11.9. The molecule has 0 radical (unpaired) electrons. The number of aromatic nitrogens is 2. The lowest BCUT2D eigenvalue weighted by atomic mass is 10.1. The van der Waals surface area contributed by atoms with Gasteiger partial charge in [0.1, 0.15) is 11.9 Å². The van der Waals surface area contributed by atoms with Crippen LogP contribution in [0.4, 0.5) is 10.5 Å². The molecule has 2 aromatic rings. The van der Waals surface area contributed by atoms with Gasteiger partial charge in [-0.15, -0.1) is 0 Å².